The topological polar surface area (TPSA) is 55.4 Å². The van der Waals surface area contributed by atoms with Gasteiger partial charge >= 0.3 is 5.97 Å². The average molecular weight is 362 g/mol. The minimum atomic E-state index is -0.355. The molecule has 0 bridgehead atoms. The molecule has 2 rings (SSSR count). The van der Waals surface area contributed by atoms with Gasteiger partial charge in [0, 0.05) is 15.7 Å². The van der Waals surface area contributed by atoms with Crippen LogP contribution in [0.25, 0.3) is 0 Å². The Kier molecular flexibility index (Phi) is 5.72. The minimum Gasteiger partial charge on any atom is -0.462 e. The molecule has 0 atom stereocenters. The number of ether oxygens (including phenoxy) is 1. The predicted molar refractivity (Wildman–Crippen MR) is 89.1 cm³/mol. The first kappa shape index (κ1) is 16.2. The van der Waals surface area contributed by atoms with E-state index in [1.807, 2.05) is 13.0 Å². The first-order chi connectivity index (χ1) is 10.6. The summed E-state index contributed by atoms with van der Waals surface area (Å²) in [7, 11) is 0. The molecule has 0 heterocycles. The van der Waals surface area contributed by atoms with Crippen LogP contribution in [0.5, 0.6) is 0 Å². The number of carbonyl (C=O) groups is 2. The van der Waals surface area contributed by atoms with Crippen LogP contribution < -0.4 is 5.32 Å². The molecule has 0 radical (unpaired) electrons. The summed E-state index contributed by atoms with van der Waals surface area (Å²) in [6.45, 7) is 2.34. The predicted octanol–water partition coefficient (Wildman–Crippen LogP) is 4.27. The molecule has 2 aromatic rings. The Hall–Kier alpha value is -2.14. The lowest BCUT2D eigenvalue weighted by molar-refractivity contribution is 0.0505. The van der Waals surface area contributed by atoms with Crippen molar-refractivity contribution in [1.82, 2.24) is 0 Å². The zero-order valence-corrected chi connectivity index (χ0v) is 13.7. The van der Waals surface area contributed by atoms with E-state index in [-0.39, 0.29) is 11.9 Å². The minimum absolute atomic E-state index is 0.206. The molecule has 0 fully saturated rings. The summed E-state index contributed by atoms with van der Waals surface area (Å²) in [5.41, 5.74) is 1.65. The fraction of sp³-hybridized carbons (Fsp3) is 0.176. The summed E-state index contributed by atoms with van der Waals surface area (Å²) < 4.78 is 5.89. The van der Waals surface area contributed by atoms with Gasteiger partial charge in [0.2, 0.25) is 0 Å². The van der Waals surface area contributed by atoms with Crippen LogP contribution >= 0.6 is 15.9 Å². The van der Waals surface area contributed by atoms with Crippen LogP contribution in [0.3, 0.4) is 0 Å². The summed E-state index contributed by atoms with van der Waals surface area (Å²) in [5, 5.41) is 2.78. The summed E-state index contributed by atoms with van der Waals surface area (Å²) in [5.74, 6) is -0.561. The zero-order valence-electron chi connectivity index (χ0n) is 12.1. The van der Waals surface area contributed by atoms with Gasteiger partial charge in [0.15, 0.2) is 0 Å². The van der Waals surface area contributed by atoms with Crippen LogP contribution in [0.4, 0.5) is 5.69 Å². The molecule has 5 heteroatoms. The summed E-state index contributed by atoms with van der Waals surface area (Å²) in [6.07, 6.45) is 0.784. The molecule has 0 aliphatic heterocycles. The molecule has 0 unspecified atom stereocenters. The third-order valence-electron chi connectivity index (χ3n) is 2.90. The number of amides is 1. The number of hydrogen-bond acceptors (Lipinski definition) is 3. The number of halogens is 1. The Morgan fingerprint density at radius 1 is 1.09 bits per heavy atom. The number of nitrogens with one attached hydrogen (secondary N) is 1. The van der Waals surface area contributed by atoms with Gasteiger partial charge in [-0.25, -0.2) is 4.79 Å². The molecule has 0 spiro atoms. The van der Waals surface area contributed by atoms with E-state index in [1.165, 1.54) is 0 Å². The maximum atomic E-state index is 12.1. The fourth-order valence-electron chi connectivity index (χ4n) is 1.80. The highest BCUT2D eigenvalue weighted by molar-refractivity contribution is 9.10. The number of esters is 1. The molecule has 0 saturated carbocycles. The van der Waals surface area contributed by atoms with Crippen LogP contribution in [-0.4, -0.2) is 18.5 Å². The number of rotatable bonds is 5. The standard InChI is InChI=1S/C17H16BrNO3/c1-2-10-22-17(21)12-6-8-15(9-7-12)19-16(20)13-4-3-5-14(18)11-13/h3-9,11H,2,10H2,1H3,(H,19,20). The van der Waals surface area contributed by atoms with Crippen LogP contribution in [0.15, 0.2) is 53.0 Å². The van der Waals surface area contributed by atoms with E-state index in [4.69, 9.17) is 4.74 Å². The maximum Gasteiger partial charge on any atom is 0.338 e. The maximum absolute atomic E-state index is 12.1. The normalized spacial score (nSPS) is 10.1. The highest BCUT2D eigenvalue weighted by Crippen LogP contribution is 2.15. The first-order valence-electron chi connectivity index (χ1n) is 6.94. The van der Waals surface area contributed by atoms with E-state index in [1.54, 1.807) is 42.5 Å². The third-order valence-corrected chi connectivity index (χ3v) is 3.40. The zero-order chi connectivity index (χ0) is 15.9. The van der Waals surface area contributed by atoms with Crippen LogP contribution in [0.2, 0.25) is 0 Å². The molecule has 0 aliphatic carbocycles. The van der Waals surface area contributed by atoms with Crippen molar-refractivity contribution < 1.29 is 14.3 Å². The lowest BCUT2D eigenvalue weighted by Gasteiger charge is -2.07. The lowest BCUT2D eigenvalue weighted by atomic mass is 10.2. The van der Waals surface area contributed by atoms with Crippen molar-refractivity contribution in [3.05, 3.63) is 64.1 Å². The van der Waals surface area contributed by atoms with E-state index in [0.29, 0.717) is 23.4 Å². The molecule has 22 heavy (non-hydrogen) atoms. The molecule has 0 aromatic heterocycles. The van der Waals surface area contributed by atoms with Crippen molar-refractivity contribution in [3.8, 4) is 0 Å². The van der Waals surface area contributed by atoms with Crippen molar-refractivity contribution in [2.75, 3.05) is 11.9 Å². The van der Waals surface area contributed by atoms with E-state index in [0.717, 1.165) is 10.9 Å². The van der Waals surface area contributed by atoms with Crippen molar-refractivity contribution in [2.45, 2.75) is 13.3 Å². The van der Waals surface area contributed by atoms with Crippen molar-refractivity contribution in [1.29, 1.82) is 0 Å². The van der Waals surface area contributed by atoms with E-state index in [9.17, 15) is 9.59 Å². The highest BCUT2D eigenvalue weighted by atomic mass is 79.9. The van der Waals surface area contributed by atoms with E-state index in [2.05, 4.69) is 21.2 Å². The molecular weight excluding hydrogens is 346 g/mol. The third kappa shape index (κ3) is 4.43. The fourth-order valence-corrected chi connectivity index (χ4v) is 2.20. The van der Waals surface area contributed by atoms with Gasteiger partial charge in [-0.1, -0.05) is 28.9 Å². The van der Waals surface area contributed by atoms with Gasteiger partial charge in [-0.3, -0.25) is 4.79 Å². The number of hydrogen-bond donors (Lipinski definition) is 1. The van der Waals surface area contributed by atoms with Gasteiger partial charge in [0.1, 0.15) is 0 Å². The number of benzene rings is 2. The first-order valence-corrected chi connectivity index (χ1v) is 7.73. The van der Waals surface area contributed by atoms with Crippen molar-refractivity contribution >= 4 is 33.5 Å². The molecule has 2 aromatic carbocycles. The molecule has 0 saturated heterocycles. The van der Waals surface area contributed by atoms with Gasteiger partial charge in [-0.05, 0) is 48.9 Å². The highest BCUT2D eigenvalue weighted by Gasteiger charge is 2.09. The lowest BCUT2D eigenvalue weighted by Crippen LogP contribution is -2.12. The molecular formula is C17H16BrNO3. The van der Waals surface area contributed by atoms with Crippen LogP contribution in [0.1, 0.15) is 34.1 Å². The number of anilines is 1. The second kappa shape index (κ2) is 7.75. The largest absolute Gasteiger partial charge is 0.462 e. The van der Waals surface area contributed by atoms with Crippen molar-refractivity contribution in [2.24, 2.45) is 0 Å². The Balaban J connectivity index is 2.02. The second-order valence-electron chi connectivity index (χ2n) is 4.68. The van der Waals surface area contributed by atoms with Gasteiger partial charge in [0.05, 0.1) is 12.2 Å². The Bertz CT molecular complexity index is 668. The van der Waals surface area contributed by atoms with Gasteiger partial charge < -0.3 is 10.1 Å². The molecule has 0 aliphatic rings. The summed E-state index contributed by atoms with van der Waals surface area (Å²) in [4.78, 5) is 23.8. The number of carbonyl (C=O) groups excluding carboxylic acids is 2. The molecule has 4 nitrogen and oxygen atoms in total. The Morgan fingerprint density at radius 3 is 2.45 bits per heavy atom. The van der Waals surface area contributed by atoms with E-state index < -0.39 is 0 Å². The smallest absolute Gasteiger partial charge is 0.338 e. The average Bonchev–Trinajstić information content (AvgIpc) is 2.53. The van der Waals surface area contributed by atoms with Crippen molar-refractivity contribution in [3.63, 3.8) is 0 Å². The summed E-state index contributed by atoms with van der Waals surface area (Å²) in [6, 6.07) is 13.8. The molecule has 1 amide bonds. The monoisotopic (exact) mass is 361 g/mol. The quantitative estimate of drug-likeness (QED) is 0.809. The molecule has 114 valence electrons. The SMILES string of the molecule is CCCOC(=O)c1ccc(NC(=O)c2cccc(Br)c2)cc1. The van der Waals surface area contributed by atoms with Crippen LogP contribution in [-0.2, 0) is 4.74 Å². The van der Waals surface area contributed by atoms with Crippen LogP contribution in [0, 0.1) is 0 Å². The van der Waals surface area contributed by atoms with Gasteiger partial charge in [-0.2, -0.15) is 0 Å². The Labute approximate surface area is 137 Å². The van der Waals surface area contributed by atoms with Gasteiger partial charge in [-0.15, -0.1) is 0 Å². The Morgan fingerprint density at radius 2 is 1.82 bits per heavy atom. The second-order valence-corrected chi connectivity index (χ2v) is 5.59. The molecule has 1 N–H and O–H groups in total. The summed E-state index contributed by atoms with van der Waals surface area (Å²) >= 11 is 3.33. The van der Waals surface area contributed by atoms with E-state index >= 15 is 0 Å². The van der Waals surface area contributed by atoms with Gasteiger partial charge in [0.25, 0.3) is 5.91 Å².